The van der Waals surface area contributed by atoms with Crippen LogP contribution in [-0.4, -0.2) is 54.7 Å². The topological polar surface area (TPSA) is 83.7 Å². The van der Waals surface area contributed by atoms with Crippen molar-refractivity contribution in [3.05, 3.63) is 71.6 Å². The molecule has 0 spiro atoms. The molecule has 31 heavy (non-hydrogen) atoms. The zero-order valence-electron chi connectivity index (χ0n) is 16.6. The van der Waals surface area contributed by atoms with E-state index in [-0.39, 0.29) is 42.7 Å². The van der Waals surface area contributed by atoms with Gasteiger partial charge in [-0.25, -0.2) is 22.2 Å². The molecule has 0 radical (unpaired) electrons. The van der Waals surface area contributed by atoms with E-state index in [0.717, 1.165) is 22.0 Å². The molecule has 2 heterocycles. The van der Waals surface area contributed by atoms with E-state index in [0.29, 0.717) is 17.7 Å². The van der Waals surface area contributed by atoms with E-state index in [1.807, 2.05) is 30.3 Å². The highest BCUT2D eigenvalue weighted by Gasteiger charge is 2.32. The van der Waals surface area contributed by atoms with Crippen LogP contribution < -0.4 is 0 Å². The summed E-state index contributed by atoms with van der Waals surface area (Å²) in [6, 6.07) is 11.6. The highest BCUT2D eigenvalue weighted by atomic mass is 32.2. The third kappa shape index (κ3) is 4.08. The Kier molecular flexibility index (Phi) is 5.59. The van der Waals surface area contributed by atoms with Gasteiger partial charge in [-0.2, -0.15) is 4.31 Å². The third-order valence-corrected chi connectivity index (χ3v) is 6.97. The Balaban J connectivity index is 1.47. The van der Waals surface area contributed by atoms with E-state index in [1.165, 1.54) is 4.90 Å². The van der Waals surface area contributed by atoms with Crippen molar-refractivity contribution in [2.45, 2.75) is 11.8 Å². The van der Waals surface area contributed by atoms with Crippen LogP contribution in [0.15, 0.2) is 57.8 Å². The molecule has 0 aliphatic carbocycles. The number of carbonyl (C=O) groups excluding carboxylic acids is 1. The first kappa shape index (κ1) is 21.1. The van der Waals surface area contributed by atoms with Crippen LogP contribution in [0.4, 0.5) is 8.78 Å². The number of halogens is 2. The van der Waals surface area contributed by atoms with Crippen molar-refractivity contribution in [3.63, 3.8) is 0 Å². The maximum atomic E-state index is 13.5. The van der Waals surface area contributed by atoms with Crippen LogP contribution in [0.1, 0.15) is 16.2 Å². The number of carbonyl (C=O) groups is 1. The summed E-state index contributed by atoms with van der Waals surface area (Å²) in [5.41, 5.74) is 0.919. The average molecular weight is 447 g/mol. The van der Waals surface area contributed by atoms with Crippen LogP contribution in [0.3, 0.4) is 0 Å². The summed E-state index contributed by atoms with van der Waals surface area (Å²) in [5.74, 6) is -1.99. The summed E-state index contributed by atoms with van der Waals surface area (Å²) in [7, 11) is -4.00. The molecule has 162 valence electrons. The maximum absolute atomic E-state index is 13.5. The largest absolute Gasteiger partial charge is 0.441 e. The maximum Gasteiger partial charge on any atom is 0.276 e. The zero-order valence-corrected chi connectivity index (χ0v) is 17.4. The number of sulfonamides is 1. The fraction of sp³-hybridized carbons (Fsp3) is 0.238. The van der Waals surface area contributed by atoms with Crippen molar-refractivity contribution in [1.82, 2.24) is 14.2 Å². The van der Waals surface area contributed by atoms with Crippen LogP contribution in [-0.2, 0) is 10.0 Å². The van der Waals surface area contributed by atoms with Crippen LogP contribution >= 0.6 is 0 Å². The van der Waals surface area contributed by atoms with E-state index in [4.69, 9.17) is 4.42 Å². The molecule has 1 aliphatic heterocycles. The van der Waals surface area contributed by atoms with E-state index in [2.05, 4.69) is 4.98 Å². The van der Waals surface area contributed by atoms with Crippen molar-refractivity contribution in [2.75, 3.05) is 26.2 Å². The molecule has 10 heteroatoms. The lowest BCUT2D eigenvalue weighted by atomic mass is 10.2. The summed E-state index contributed by atoms with van der Waals surface area (Å²) in [5, 5.41) is 0. The number of oxazole rings is 1. The Morgan fingerprint density at radius 1 is 1.00 bits per heavy atom. The number of nitrogens with zero attached hydrogens (tertiary/aromatic N) is 3. The molecule has 0 bridgehead atoms. The van der Waals surface area contributed by atoms with E-state index in [1.54, 1.807) is 6.92 Å². The predicted molar refractivity (Wildman–Crippen MR) is 108 cm³/mol. The Labute approximate surface area is 178 Å². The quantitative estimate of drug-likeness (QED) is 0.614. The molecule has 1 aromatic heterocycles. The van der Waals surface area contributed by atoms with Crippen molar-refractivity contribution in [3.8, 4) is 11.5 Å². The molecule has 3 aromatic rings. The number of benzene rings is 2. The number of aromatic nitrogens is 1. The molecule has 1 amide bonds. The predicted octanol–water partition coefficient (Wildman–Crippen LogP) is 3.07. The number of hydrogen-bond acceptors (Lipinski definition) is 5. The summed E-state index contributed by atoms with van der Waals surface area (Å²) < 4.78 is 58.8. The molecular formula is C21H19F2N3O4S. The van der Waals surface area contributed by atoms with Crippen LogP contribution in [0.2, 0.25) is 0 Å². The van der Waals surface area contributed by atoms with Crippen LogP contribution in [0, 0.1) is 18.6 Å². The number of hydrogen-bond donors (Lipinski definition) is 0. The standard InChI is InChI=1S/C21H19F2N3O4S/c1-14-19(24-20(30-14)15-5-3-2-4-6-15)21(27)25-9-11-26(12-10-25)31(28,29)16-7-8-17(22)18(23)13-16/h2-8,13H,9-12H2,1H3. The number of piperazine rings is 1. The number of aryl methyl sites for hydroxylation is 1. The second-order valence-electron chi connectivity index (χ2n) is 7.06. The lowest BCUT2D eigenvalue weighted by molar-refractivity contribution is 0.0691. The first-order valence-corrected chi connectivity index (χ1v) is 11.0. The van der Waals surface area contributed by atoms with E-state index < -0.39 is 21.7 Å². The minimum absolute atomic E-state index is 0.0233. The van der Waals surface area contributed by atoms with Gasteiger partial charge in [-0.05, 0) is 37.3 Å². The molecule has 0 unspecified atom stereocenters. The summed E-state index contributed by atoms with van der Waals surface area (Å²) >= 11 is 0. The van der Waals surface area contributed by atoms with Gasteiger partial charge in [0.25, 0.3) is 5.91 Å². The lowest BCUT2D eigenvalue weighted by Crippen LogP contribution is -2.50. The van der Waals surface area contributed by atoms with Crippen LogP contribution in [0.25, 0.3) is 11.5 Å². The minimum atomic E-state index is -4.00. The summed E-state index contributed by atoms with van der Waals surface area (Å²) in [6.45, 7) is 1.96. The van der Waals surface area contributed by atoms with Gasteiger partial charge in [-0.1, -0.05) is 18.2 Å². The van der Waals surface area contributed by atoms with Gasteiger partial charge in [-0.15, -0.1) is 0 Å². The monoisotopic (exact) mass is 447 g/mol. The molecule has 4 rings (SSSR count). The second-order valence-corrected chi connectivity index (χ2v) is 9.00. The third-order valence-electron chi connectivity index (χ3n) is 5.07. The Morgan fingerprint density at radius 2 is 1.68 bits per heavy atom. The Morgan fingerprint density at radius 3 is 2.32 bits per heavy atom. The first-order chi connectivity index (χ1) is 14.8. The van der Waals surface area contributed by atoms with Crippen molar-refractivity contribution < 1.29 is 26.4 Å². The summed E-state index contributed by atoms with van der Waals surface area (Å²) in [4.78, 5) is 18.4. The fourth-order valence-electron chi connectivity index (χ4n) is 3.37. The number of amides is 1. The first-order valence-electron chi connectivity index (χ1n) is 9.54. The van der Waals surface area contributed by atoms with Crippen molar-refractivity contribution in [2.24, 2.45) is 0 Å². The Hall–Kier alpha value is -3.11. The molecule has 0 saturated carbocycles. The van der Waals surface area contributed by atoms with Gasteiger partial charge in [0.1, 0.15) is 5.76 Å². The molecule has 1 fully saturated rings. The highest BCUT2D eigenvalue weighted by Crippen LogP contribution is 2.24. The van der Waals surface area contributed by atoms with Gasteiger partial charge in [0.2, 0.25) is 15.9 Å². The van der Waals surface area contributed by atoms with Gasteiger partial charge < -0.3 is 9.32 Å². The van der Waals surface area contributed by atoms with Gasteiger partial charge in [0, 0.05) is 31.7 Å². The number of rotatable bonds is 4. The van der Waals surface area contributed by atoms with Gasteiger partial charge >= 0.3 is 0 Å². The molecule has 0 N–H and O–H groups in total. The van der Waals surface area contributed by atoms with Gasteiger partial charge in [0.05, 0.1) is 4.90 Å². The normalized spacial score (nSPS) is 15.3. The SMILES string of the molecule is Cc1oc(-c2ccccc2)nc1C(=O)N1CCN(S(=O)(=O)c2ccc(F)c(F)c2)CC1. The van der Waals surface area contributed by atoms with Crippen LogP contribution in [0.5, 0.6) is 0 Å². The van der Waals surface area contributed by atoms with Gasteiger partial charge in [-0.3, -0.25) is 4.79 Å². The molecule has 1 saturated heterocycles. The molecular weight excluding hydrogens is 428 g/mol. The lowest BCUT2D eigenvalue weighted by Gasteiger charge is -2.33. The zero-order chi connectivity index (χ0) is 22.2. The molecule has 2 aromatic carbocycles. The molecule has 7 nitrogen and oxygen atoms in total. The molecule has 0 atom stereocenters. The smallest absolute Gasteiger partial charge is 0.276 e. The Bertz CT molecular complexity index is 1220. The fourth-order valence-corrected chi connectivity index (χ4v) is 4.80. The van der Waals surface area contributed by atoms with Crippen molar-refractivity contribution >= 4 is 15.9 Å². The van der Waals surface area contributed by atoms with E-state index in [9.17, 15) is 22.0 Å². The van der Waals surface area contributed by atoms with E-state index >= 15 is 0 Å². The highest BCUT2D eigenvalue weighted by molar-refractivity contribution is 7.89. The summed E-state index contributed by atoms with van der Waals surface area (Å²) in [6.07, 6.45) is 0. The average Bonchev–Trinajstić information content (AvgIpc) is 3.17. The van der Waals surface area contributed by atoms with Gasteiger partial charge in [0.15, 0.2) is 17.3 Å². The second kappa shape index (κ2) is 8.20. The molecule has 1 aliphatic rings. The van der Waals surface area contributed by atoms with Crippen molar-refractivity contribution in [1.29, 1.82) is 0 Å². The minimum Gasteiger partial charge on any atom is -0.441 e.